The fourth-order valence-electron chi connectivity index (χ4n) is 3.21. The number of benzene rings is 1. The van der Waals surface area contributed by atoms with E-state index < -0.39 is 0 Å². The van der Waals surface area contributed by atoms with Crippen LogP contribution in [0, 0.1) is 0 Å². The second kappa shape index (κ2) is 8.58. The van der Waals surface area contributed by atoms with Crippen molar-refractivity contribution < 1.29 is 14.2 Å². The molecule has 1 aromatic carbocycles. The standard InChI is InChI=1S/C19H23N3O3.ClH/c1-14-12-22(7-8-23-14)18-6-5-15(10-21-18)9-20-11-16-3-2-4-17-19(16)25-13-24-17;/h2-6,10,14,20H,7-9,11-13H2,1H3;1H. The number of pyridine rings is 1. The van der Waals surface area contributed by atoms with E-state index in [1.165, 1.54) is 0 Å². The van der Waals surface area contributed by atoms with Crippen LogP contribution >= 0.6 is 12.4 Å². The Kier molecular flexibility index (Phi) is 6.19. The number of ether oxygens (including phenoxy) is 3. The van der Waals surface area contributed by atoms with Gasteiger partial charge in [0.15, 0.2) is 11.5 Å². The van der Waals surface area contributed by atoms with Gasteiger partial charge in [-0.2, -0.15) is 0 Å². The summed E-state index contributed by atoms with van der Waals surface area (Å²) in [5, 5.41) is 3.44. The molecule has 4 rings (SSSR count). The lowest BCUT2D eigenvalue weighted by molar-refractivity contribution is 0.0529. The molecule has 140 valence electrons. The molecule has 0 radical (unpaired) electrons. The fourth-order valence-corrected chi connectivity index (χ4v) is 3.21. The van der Waals surface area contributed by atoms with Crippen molar-refractivity contribution in [2.75, 3.05) is 31.4 Å². The number of aromatic nitrogens is 1. The highest BCUT2D eigenvalue weighted by atomic mass is 35.5. The average Bonchev–Trinajstić information content (AvgIpc) is 3.12. The van der Waals surface area contributed by atoms with Gasteiger partial charge in [0.2, 0.25) is 6.79 Å². The first-order chi connectivity index (χ1) is 12.3. The lowest BCUT2D eigenvalue weighted by Gasteiger charge is -2.32. The molecule has 1 saturated heterocycles. The van der Waals surface area contributed by atoms with E-state index in [2.05, 4.69) is 40.3 Å². The number of para-hydroxylation sites is 1. The quantitative estimate of drug-likeness (QED) is 0.864. The molecule has 3 heterocycles. The maximum atomic E-state index is 5.58. The Hall–Kier alpha value is -2.02. The highest BCUT2D eigenvalue weighted by Crippen LogP contribution is 2.35. The number of rotatable bonds is 5. The van der Waals surface area contributed by atoms with Gasteiger partial charge in [-0.15, -0.1) is 12.4 Å². The van der Waals surface area contributed by atoms with Gasteiger partial charge >= 0.3 is 0 Å². The molecule has 0 aliphatic carbocycles. The van der Waals surface area contributed by atoms with E-state index in [0.717, 1.165) is 61.2 Å². The van der Waals surface area contributed by atoms with E-state index in [9.17, 15) is 0 Å². The van der Waals surface area contributed by atoms with E-state index in [0.29, 0.717) is 6.79 Å². The molecule has 0 saturated carbocycles. The van der Waals surface area contributed by atoms with Gasteiger partial charge in [-0.05, 0) is 24.6 Å². The molecule has 0 amide bonds. The second-order valence-electron chi connectivity index (χ2n) is 6.41. The number of nitrogens with zero attached hydrogens (tertiary/aromatic N) is 2. The van der Waals surface area contributed by atoms with Crippen LogP contribution in [0.3, 0.4) is 0 Å². The van der Waals surface area contributed by atoms with Crippen LogP contribution < -0.4 is 19.7 Å². The van der Waals surface area contributed by atoms with Crippen molar-refractivity contribution in [1.29, 1.82) is 0 Å². The number of hydrogen-bond acceptors (Lipinski definition) is 6. The van der Waals surface area contributed by atoms with Crippen LogP contribution in [-0.2, 0) is 17.8 Å². The van der Waals surface area contributed by atoms with Crippen LogP contribution in [0.5, 0.6) is 11.5 Å². The van der Waals surface area contributed by atoms with E-state index in [1.54, 1.807) is 0 Å². The Balaban J connectivity index is 0.00000196. The summed E-state index contributed by atoms with van der Waals surface area (Å²) in [6, 6.07) is 10.2. The Morgan fingerprint density at radius 2 is 2.12 bits per heavy atom. The van der Waals surface area contributed by atoms with Gasteiger partial charge in [0, 0.05) is 37.9 Å². The maximum absolute atomic E-state index is 5.58. The number of nitrogens with one attached hydrogen (secondary N) is 1. The third kappa shape index (κ3) is 4.20. The van der Waals surface area contributed by atoms with Crippen LogP contribution in [0.25, 0.3) is 0 Å². The van der Waals surface area contributed by atoms with Gasteiger partial charge in [0.1, 0.15) is 5.82 Å². The molecule has 1 unspecified atom stereocenters. The minimum Gasteiger partial charge on any atom is -0.454 e. The minimum atomic E-state index is 0. The SMILES string of the molecule is CC1CN(c2ccc(CNCc3cccc4c3OCO4)cn2)CCO1.Cl. The van der Waals surface area contributed by atoms with Crippen LogP contribution in [-0.4, -0.2) is 37.6 Å². The van der Waals surface area contributed by atoms with E-state index in [4.69, 9.17) is 14.2 Å². The molecule has 1 atom stereocenters. The Morgan fingerprint density at radius 3 is 2.92 bits per heavy atom. The normalized spacial score (nSPS) is 18.5. The van der Waals surface area contributed by atoms with Crippen LogP contribution in [0.15, 0.2) is 36.5 Å². The topological polar surface area (TPSA) is 55.9 Å². The first kappa shape index (κ1) is 18.8. The van der Waals surface area contributed by atoms with Gasteiger partial charge < -0.3 is 24.4 Å². The van der Waals surface area contributed by atoms with Crippen molar-refractivity contribution in [2.45, 2.75) is 26.1 Å². The largest absolute Gasteiger partial charge is 0.454 e. The molecule has 7 heteroatoms. The summed E-state index contributed by atoms with van der Waals surface area (Å²) < 4.78 is 16.5. The molecule has 0 bridgehead atoms. The highest BCUT2D eigenvalue weighted by Gasteiger charge is 2.18. The molecule has 2 aliphatic heterocycles. The molecule has 1 N–H and O–H groups in total. The number of anilines is 1. The monoisotopic (exact) mass is 377 g/mol. The molecule has 2 aromatic rings. The predicted molar refractivity (Wildman–Crippen MR) is 102 cm³/mol. The highest BCUT2D eigenvalue weighted by molar-refractivity contribution is 5.85. The summed E-state index contributed by atoms with van der Waals surface area (Å²) >= 11 is 0. The smallest absolute Gasteiger partial charge is 0.231 e. The van der Waals surface area contributed by atoms with E-state index in [-0.39, 0.29) is 18.5 Å². The van der Waals surface area contributed by atoms with Crippen molar-refractivity contribution in [3.8, 4) is 11.5 Å². The molecule has 1 fully saturated rings. The molecule has 1 aromatic heterocycles. The summed E-state index contributed by atoms with van der Waals surface area (Å²) in [4.78, 5) is 6.88. The zero-order chi connectivity index (χ0) is 17.1. The molecule has 26 heavy (non-hydrogen) atoms. The first-order valence-corrected chi connectivity index (χ1v) is 8.69. The number of fused-ring (bicyclic) bond motifs is 1. The van der Waals surface area contributed by atoms with Crippen LogP contribution in [0.4, 0.5) is 5.82 Å². The van der Waals surface area contributed by atoms with E-state index >= 15 is 0 Å². The first-order valence-electron chi connectivity index (χ1n) is 8.69. The Morgan fingerprint density at radius 1 is 1.19 bits per heavy atom. The summed E-state index contributed by atoms with van der Waals surface area (Å²) in [5.41, 5.74) is 2.27. The predicted octanol–water partition coefficient (Wildman–Crippen LogP) is 2.75. The summed E-state index contributed by atoms with van der Waals surface area (Å²) in [7, 11) is 0. The van der Waals surface area contributed by atoms with Crippen molar-refractivity contribution in [3.05, 3.63) is 47.7 Å². The number of hydrogen-bond donors (Lipinski definition) is 1. The zero-order valence-electron chi connectivity index (χ0n) is 14.8. The van der Waals surface area contributed by atoms with Crippen molar-refractivity contribution in [3.63, 3.8) is 0 Å². The molecular formula is C19H24ClN3O3. The summed E-state index contributed by atoms with van der Waals surface area (Å²) in [5.74, 6) is 2.69. The summed E-state index contributed by atoms with van der Waals surface area (Å²) in [6.45, 7) is 6.45. The number of morpholine rings is 1. The lowest BCUT2D eigenvalue weighted by Crippen LogP contribution is -2.41. The maximum Gasteiger partial charge on any atom is 0.231 e. The lowest BCUT2D eigenvalue weighted by atomic mass is 10.2. The Labute approximate surface area is 159 Å². The van der Waals surface area contributed by atoms with Gasteiger partial charge in [0.25, 0.3) is 0 Å². The summed E-state index contributed by atoms with van der Waals surface area (Å²) in [6.07, 6.45) is 2.20. The van der Waals surface area contributed by atoms with Crippen molar-refractivity contribution >= 4 is 18.2 Å². The minimum absolute atomic E-state index is 0. The van der Waals surface area contributed by atoms with Crippen LogP contribution in [0.1, 0.15) is 18.1 Å². The molecule has 6 nitrogen and oxygen atoms in total. The number of halogens is 1. The van der Waals surface area contributed by atoms with Gasteiger partial charge in [-0.3, -0.25) is 0 Å². The second-order valence-corrected chi connectivity index (χ2v) is 6.41. The third-order valence-corrected chi connectivity index (χ3v) is 4.50. The van der Waals surface area contributed by atoms with Gasteiger partial charge in [-0.1, -0.05) is 18.2 Å². The van der Waals surface area contributed by atoms with E-state index in [1.807, 2.05) is 18.3 Å². The average molecular weight is 378 g/mol. The Bertz CT molecular complexity index is 726. The fraction of sp³-hybridized carbons (Fsp3) is 0.421. The van der Waals surface area contributed by atoms with Gasteiger partial charge in [0.05, 0.1) is 12.7 Å². The van der Waals surface area contributed by atoms with Crippen LogP contribution in [0.2, 0.25) is 0 Å². The zero-order valence-corrected chi connectivity index (χ0v) is 15.6. The van der Waals surface area contributed by atoms with Crippen molar-refractivity contribution in [1.82, 2.24) is 10.3 Å². The molecule has 2 aliphatic rings. The molecular weight excluding hydrogens is 354 g/mol. The van der Waals surface area contributed by atoms with Crippen molar-refractivity contribution in [2.24, 2.45) is 0 Å². The van der Waals surface area contributed by atoms with Gasteiger partial charge in [-0.25, -0.2) is 4.98 Å². The third-order valence-electron chi connectivity index (χ3n) is 4.50. The molecule has 0 spiro atoms.